The number of hydrogen-bond acceptors (Lipinski definition) is 20. The minimum Gasteiger partial charge on any atom is -0.332 e. The lowest BCUT2D eigenvalue weighted by molar-refractivity contribution is 0.231. The summed E-state index contributed by atoms with van der Waals surface area (Å²) in [5.41, 5.74) is 11.7. The minimum atomic E-state index is -4.62. The fraction of sp³-hybridized carbons (Fsp3) is 0.860. The van der Waals surface area contributed by atoms with E-state index in [0.29, 0.717) is 84.6 Å². The van der Waals surface area contributed by atoms with Crippen molar-refractivity contribution in [1.82, 2.24) is 65.7 Å². The van der Waals surface area contributed by atoms with Crippen molar-refractivity contribution in [3.63, 3.8) is 0 Å². The SMILES string of the molecule is CC.CC.CC.CC.CC.CC(C)(C)C1=NCC(C(C)(C)C)=C2C[C@H](NS(=O)(=O)N3CCCC3)CN12.CC(C)NS(=O)(=O)N[C@H]1CC2=C(C(C)(C)C)[C@H](C)N=C(C(C)(C)C)N2C1.CCC.CCCCN(C)S(=O)(=O)N[C@H]1CC2=C(C(C)(C)C)[C@H](C)N=C(C(C)(C)C)N2C1.C[C@@H]1N=C(C(C)(C)C)N2C[C@@H](NS(=O)(=O)N(C)C)CC2=C1C(C)(C)C.C[C@@H]1N=C(C(C)(C)C)N2C[C@H](NS(=O)(=O)C(F)F)CC2=C1C(C)(C)C. The first kappa shape index (κ1) is 136. The fourth-order valence-corrected chi connectivity index (χ4v) is 25.6. The van der Waals surface area contributed by atoms with Crippen molar-refractivity contribution in [2.75, 3.05) is 80.0 Å². The van der Waals surface area contributed by atoms with E-state index in [1.807, 2.05) is 94.9 Å². The van der Waals surface area contributed by atoms with Gasteiger partial charge in [-0.1, -0.05) is 311 Å². The van der Waals surface area contributed by atoms with Crippen LogP contribution in [0.15, 0.2) is 81.3 Å². The van der Waals surface area contributed by atoms with Crippen molar-refractivity contribution in [3.05, 3.63) is 56.4 Å². The Bertz CT molecular complexity index is 4920. The summed E-state index contributed by atoms with van der Waals surface area (Å²) in [6.45, 7) is 109. The number of unbranched alkanes of at least 4 members (excludes halogenated alkanes) is 1. The molecule has 0 unspecified atom stereocenters. The van der Waals surface area contributed by atoms with Gasteiger partial charge in [-0.2, -0.15) is 79.0 Å². The molecule has 11 aliphatic heterocycles. The summed E-state index contributed by atoms with van der Waals surface area (Å²) < 4.78 is 169. The van der Waals surface area contributed by atoms with E-state index in [1.54, 1.807) is 25.4 Å². The largest absolute Gasteiger partial charge is 0.350 e. The Morgan fingerprint density at radius 2 is 0.622 bits per heavy atom. The lowest BCUT2D eigenvalue weighted by Gasteiger charge is -2.41. The van der Waals surface area contributed by atoms with Crippen LogP contribution in [0.4, 0.5) is 8.78 Å². The lowest BCUT2D eigenvalue weighted by Crippen LogP contribution is -2.47. The van der Waals surface area contributed by atoms with Gasteiger partial charge in [0.05, 0.1) is 30.7 Å². The molecule has 0 spiro atoms. The van der Waals surface area contributed by atoms with Crippen LogP contribution in [0.25, 0.3) is 0 Å². The summed E-state index contributed by atoms with van der Waals surface area (Å²) in [5.74, 6) is 1.69. The highest BCUT2D eigenvalue weighted by atomic mass is 32.2. The molecular formula is C107H211F2N19O10S5. The average molecular weight is 2120 g/mol. The topological polar surface area (TPSA) is 331 Å². The number of rotatable bonds is 19. The second-order valence-corrected chi connectivity index (χ2v) is 57.6. The molecule has 36 heteroatoms. The molecule has 0 radical (unpaired) electrons. The Kier molecular flexibility index (Phi) is 51.5. The van der Waals surface area contributed by atoms with Gasteiger partial charge in [0.2, 0.25) is 0 Å². The Hall–Kier alpha value is -4.70. The van der Waals surface area contributed by atoms with Crippen LogP contribution in [0, 0.1) is 54.1 Å². The summed E-state index contributed by atoms with van der Waals surface area (Å²) in [6.07, 6.45) is 8.27. The number of nitrogens with one attached hydrogen (secondary N) is 6. The normalized spacial score (nSPS) is 23.2. The molecule has 11 heterocycles. The van der Waals surface area contributed by atoms with E-state index in [1.165, 1.54) is 60.1 Å². The van der Waals surface area contributed by atoms with E-state index in [-0.39, 0.29) is 109 Å². The number of hydrogen-bond donors (Lipinski definition) is 6. The van der Waals surface area contributed by atoms with Crippen LogP contribution in [-0.2, 0) is 50.9 Å². The van der Waals surface area contributed by atoms with Crippen LogP contribution >= 0.6 is 0 Å². The molecule has 29 nitrogen and oxygen atoms in total. The molecule has 838 valence electrons. The van der Waals surface area contributed by atoms with Crippen LogP contribution in [0.5, 0.6) is 0 Å². The smallest absolute Gasteiger partial charge is 0.332 e. The minimum absolute atomic E-state index is 0.00473. The number of aliphatic imine (C=N–C) groups is 5. The van der Waals surface area contributed by atoms with Gasteiger partial charge in [-0.25, -0.2) is 13.1 Å². The first-order valence-corrected chi connectivity index (χ1v) is 61.0. The third kappa shape index (κ3) is 38.0. The van der Waals surface area contributed by atoms with Gasteiger partial charge in [0.25, 0.3) is 50.9 Å². The molecule has 143 heavy (non-hydrogen) atoms. The third-order valence-corrected chi connectivity index (χ3v) is 32.3. The van der Waals surface area contributed by atoms with Gasteiger partial charge in [0.1, 0.15) is 29.2 Å². The van der Waals surface area contributed by atoms with Crippen LogP contribution < -0.4 is 28.3 Å². The quantitative estimate of drug-likeness (QED) is 0.0700. The van der Waals surface area contributed by atoms with Gasteiger partial charge in [-0.3, -0.25) is 25.0 Å². The molecule has 11 aliphatic rings. The van der Waals surface area contributed by atoms with Gasteiger partial charge < -0.3 is 24.5 Å². The van der Waals surface area contributed by atoms with Crippen molar-refractivity contribution in [3.8, 4) is 0 Å². The Balaban J connectivity index is 0.000000867. The predicted octanol–water partition coefficient (Wildman–Crippen LogP) is 22.1. The van der Waals surface area contributed by atoms with Crippen molar-refractivity contribution in [2.45, 2.75) is 470 Å². The van der Waals surface area contributed by atoms with Crippen LogP contribution in [-0.4, -0.2) is 255 Å². The molecule has 6 N–H and O–H groups in total. The van der Waals surface area contributed by atoms with Crippen molar-refractivity contribution in [1.29, 1.82) is 0 Å². The Morgan fingerprint density at radius 3 is 0.874 bits per heavy atom. The molecule has 0 amide bonds. The number of fused-ring (bicyclic) bond motifs is 5. The predicted molar refractivity (Wildman–Crippen MR) is 604 cm³/mol. The van der Waals surface area contributed by atoms with E-state index >= 15 is 0 Å². The molecule has 11 rings (SSSR count). The van der Waals surface area contributed by atoms with Gasteiger partial charge >= 0.3 is 5.76 Å². The molecule has 0 saturated carbocycles. The second kappa shape index (κ2) is 54.0. The zero-order valence-corrected chi connectivity index (χ0v) is 104. The van der Waals surface area contributed by atoms with Crippen LogP contribution in [0.2, 0.25) is 0 Å². The summed E-state index contributed by atoms with van der Waals surface area (Å²) in [5, 5.41) is 0. The number of alkyl halides is 2. The van der Waals surface area contributed by atoms with Gasteiger partial charge in [0.15, 0.2) is 0 Å². The molecule has 0 bridgehead atoms. The average Bonchev–Trinajstić information content (AvgIpc) is 1.63. The molecule has 9 atom stereocenters. The van der Waals surface area contributed by atoms with Crippen molar-refractivity contribution >= 4 is 80.0 Å². The monoisotopic (exact) mass is 2120 g/mol. The first-order chi connectivity index (χ1) is 64.9. The van der Waals surface area contributed by atoms with Gasteiger partial charge in [0, 0.05) is 197 Å². The lowest BCUT2D eigenvalue weighted by atomic mass is 9.79. The first-order valence-electron chi connectivity index (χ1n) is 53.6. The van der Waals surface area contributed by atoms with Crippen molar-refractivity contribution < 1.29 is 50.9 Å². The summed E-state index contributed by atoms with van der Waals surface area (Å²) in [4.78, 5) is 35.9. The van der Waals surface area contributed by atoms with Crippen LogP contribution in [0.1, 0.15) is 403 Å². The second-order valence-electron chi connectivity index (χ2n) is 49.0. The zero-order valence-electron chi connectivity index (χ0n) is 100.0. The maximum absolute atomic E-state index is 12.8. The Morgan fingerprint density at radius 1 is 0.364 bits per heavy atom. The maximum Gasteiger partial charge on any atom is 0.350 e. The maximum atomic E-state index is 12.8. The molecule has 6 saturated heterocycles. The highest BCUT2D eigenvalue weighted by Gasteiger charge is 2.51. The van der Waals surface area contributed by atoms with Crippen LogP contribution in [0.3, 0.4) is 0 Å². The van der Waals surface area contributed by atoms with E-state index < -0.39 is 62.7 Å². The number of nitrogens with zero attached hydrogens (tertiary/aromatic N) is 13. The Labute approximate surface area is 876 Å². The van der Waals surface area contributed by atoms with Gasteiger partial charge in [-0.05, 0) is 116 Å². The molecule has 6 fully saturated rings. The third-order valence-electron chi connectivity index (χ3n) is 24.9. The van der Waals surface area contributed by atoms with Crippen molar-refractivity contribution in [2.24, 2.45) is 79.1 Å². The number of halogens is 2. The standard InChI is InChI=1S/C21H40N4O2S.C19H34N4O2S.C19H36N4O2S.C18H34N4O2S.C17H29F2N3O2S.C3H8.5C2H6/c1-10-11-12-24(9)28(26,27)23-16-13-17-18(20(3,4)5)15(2)22-19(21(6,7)8)25(17)14-16;1-18(2,3)15-12-20-17(19(4,5)6)23-13-14(11-16(15)23)21-26(24,25)22-9-7-8-10-22;1-12(2)21-26(24,25)22-14-10-15-16(18(4,5)6)13(3)20-17(19(7,8)9)23(15)11-14;1-12-15(17(2,3)4)14-10-13(20-25(23,24)21(8)9)11-22(14)16(19-12)18(5,6)7;1-10-13(16(2,3)4)12-8-11(21-25(23,24)15(18)19)9-22(12)14(20-10)17(5,6)7;1-3-2;5*1-2/h15-16,23H,10-14H2,1-9H3;14,21H,7-13H2,1-6H3;12-14,21-22H,10-11H2,1-9H3;12-13,20H,10-11H2,1-9H3;10-11,15,21H,8-9H2,1-7H3;3H2,1-2H3;5*1-2H3/t15-,16-;14-;13-,14-;12-,13-;10-,11+;;;;;;/m00000....../s1. The van der Waals surface area contributed by atoms with E-state index in [2.05, 4.69) is 297 Å². The fourth-order valence-electron chi connectivity index (χ4n) is 20.2. The molecule has 0 aliphatic carbocycles. The van der Waals surface area contributed by atoms with Gasteiger partial charge in [-0.15, -0.1) is 0 Å². The molecular weight excluding hydrogens is 1910 g/mol. The molecule has 0 aromatic heterocycles. The number of sulfonamides is 1. The summed E-state index contributed by atoms with van der Waals surface area (Å²) in [7, 11) is -13.7. The molecule has 0 aromatic carbocycles. The molecule has 0 aromatic rings. The summed E-state index contributed by atoms with van der Waals surface area (Å²) >= 11 is 0. The van der Waals surface area contributed by atoms with E-state index in [9.17, 15) is 50.9 Å². The zero-order chi connectivity index (χ0) is 112. The highest BCUT2D eigenvalue weighted by Crippen LogP contribution is 2.49. The number of amidine groups is 5. The van der Waals surface area contributed by atoms with E-state index in [0.717, 1.165) is 72.6 Å². The highest BCUT2D eigenvalue weighted by molar-refractivity contribution is 7.89. The summed E-state index contributed by atoms with van der Waals surface area (Å²) in [6, 6.07) is -0.929. The van der Waals surface area contributed by atoms with E-state index in [4.69, 9.17) is 25.0 Å².